The number of carbonyl (C=O) groups excluding carboxylic acids is 1. The fraction of sp³-hybridized carbons (Fsp3) is 0.350. The molecule has 0 aliphatic carbocycles. The first-order valence-corrected chi connectivity index (χ1v) is 10.4. The number of benzene rings is 2. The topological polar surface area (TPSA) is 80.5 Å². The van der Waals surface area contributed by atoms with Gasteiger partial charge in [-0.25, -0.2) is 13.6 Å². The Morgan fingerprint density at radius 1 is 1.12 bits per heavy atom. The fourth-order valence-electron chi connectivity index (χ4n) is 3.51. The van der Waals surface area contributed by atoms with Crippen LogP contribution < -0.4 is 5.14 Å². The summed E-state index contributed by atoms with van der Waals surface area (Å²) in [6, 6.07) is 15.1. The Bertz CT molecular complexity index is 887. The maximum Gasteiger partial charge on any atom is 0.253 e. The summed E-state index contributed by atoms with van der Waals surface area (Å²) in [6.45, 7) is 3.05. The summed E-state index contributed by atoms with van der Waals surface area (Å²) in [5.74, 6) is 0.438. The molecule has 1 aliphatic heterocycles. The van der Waals surface area contributed by atoms with Crippen LogP contribution in [0.3, 0.4) is 0 Å². The van der Waals surface area contributed by atoms with E-state index < -0.39 is 10.0 Å². The molecule has 1 saturated heterocycles. The molecular weight excluding hydrogens is 348 g/mol. The molecule has 6 heteroatoms. The van der Waals surface area contributed by atoms with Crippen molar-refractivity contribution in [3.63, 3.8) is 0 Å². The third kappa shape index (κ3) is 4.31. The number of carbonyl (C=O) groups is 1. The van der Waals surface area contributed by atoms with E-state index in [4.69, 9.17) is 5.14 Å². The number of hydrogen-bond acceptors (Lipinski definition) is 3. The minimum absolute atomic E-state index is 0.0160. The zero-order chi connectivity index (χ0) is 18.7. The smallest absolute Gasteiger partial charge is 0.253 e. The van der Waals surface area contributed by atoms with Crippen molar-refractivity contribution in [3.8, 4) is 0 Å². The number of piperidine rings is 1. The van der Waals surface area contributed by atoms with E-state index in [2.05, 4.69) is 24.3 Å². The van der Waals surface area contributed by atoms with Crippen LogP contribution in [0.4, 0.5) is 0 Å². The molecular formula is C20H24N2O3S. The van der Waals surface area contributed by atoms with Crippen LogP contribution in [0, 0.1) is 12.8 Å². The van der Waals surface area contributed by atoms with Crippen LogP contribution in [-0.2, 0) is 16.4 Å². The van der Waals surface area contributed by atoms with E-state index in [1.54, 1.807) is 24.0 Å². The molecule has 2 aromatic carbocycles. The lowest BCUT2D eigenvalue weighted by Crippen LogP contribution is -2.39. The largest absolute Gasteiger partial charge is 0.339 e. The van der Waals surface area contributed by atoms with Gasteiger partial charge in [-0.3, -0.25) is 4.79 Å². The first-order valence-electron chi connectivity index (χ1n) is 8.81. The third-order valence-electron chi connectivity index (χ3n) is 5.01. The lowest BCUT2D eigenvalue weighted by atomic mass is 9.90. The van der Waals surface area contributed by atoms with Crippen molar-refractivity contribution in [1.29, 1.82) is 0 Å². The predicted octanol–water partition coefficient (Wildman–Crippen LogP) is 2.74. The number of amides is 1. The first kappa shape index (κ1) is 18.6. The van der Waals surface area contributed by atoms with Crippen molar-refractivity contribution in [2.24, 2.45) is 11.1 Å². The van der Waals surface area contributed by atoms with E-state index >= 15 is 0 Å². The minimum atomic E-state index is -3.83. The van der Waals surface area contributed by atoms with E-state index in [1.165, 1.54) is 11.6 Å². The number of nitrogens with two attached hydrogens (primary N) is 1. The molecule has 0 bridgehead atoms. The second-order valence-corrected chi connectivity index (χ2v) is 8.48. The second-order valence-electron chi connectivity index (χ2n) is 6.95. The summed E-state index contributed by atoms with van der Waals surface area (Å²) >= 11 is 0. The Hall–Kier alpha value is -2.18. The average molecular weight is 372 g/mol. The highest BCUT2D eigenvalue weighted by Crippen LogP contribution is 2.24. The van der Waals surface area contributed by atoms with E-state index in [1.807, 2.05) is 6.07 Å². The number of primary sulfonamides is 1. The van der Waals surface area contributed by atoms with Gasteiger partial charge in [0.05, 0.1) is 4.90 Å². The molecule has 5 nitrogen and oxygen atoms in total. The molecule has 0 aromatic heterocycles. The summed E-state index contributed by atoms with van der Waals surface area (Å²) in [5.41, 5.74) is 2.25. The Balaban J connectivity index is 1.65. The molecule has 26 heavy (non-hydrogen) atoms. The number of likely N-dealkylation sites (tertiary alicyclic amines) is 1. The lowest BCUT2D eigenvalue weighted by Gasteiger charge is -2.32. The van der Waals surface area contributed by atoms with Gasteiger partial charge in [-0.15, -0.1) is 0 Å². The molecule has 0 spiro atoms. The van der Waals surface area contributed by atoms with E-state index in [9.17, 15) is 13.2 Å². The van der Waals surface area contributed by atoms with Gasteiger partial charge in [0.1, 0.15) is 0 Å². The summed E-state index contributed by atoms with van der Waals surface area (Å²) in [5, 5.41) is 5.24. The van der Waals surface area contributed by atoms with Gasteiger partial charge in [-0.05, 0) is 55.4 Å². The monoisotopic (exact) mass is 372 g/mol. The van der Waals surface area contributed by atoms with Crippen molar-refractivity contribution in [2.45, 2.75) is 31.1 Å². The van der Waals surface area contributed by atoms with Gasteiger partial charge < -0.3 is 4.90 Å². The molecule has 0 saturated carbocycles. The Morgan fingerprint density at radius 3 is 2.38 bits per heavy atom. The maximum absolute atomic E-state index is 12.7. The third-order valence-corrected chi connectivity index (χ3v) is 6.06. The minimum Gasteiger partial charge on any atom is -0.339 e. The highest BCUT2D eigenvalue weighted by atomic mass is 32.2. The predicted molar refractivity (Wildman–Crippen MR) is 101 cm³/mol. The molecule has 0 atom stereocenters. The molecule has 1 fully saturated rings. The Labute approximate surface area is 154 Å². The zero-order valence-electron chi connectivity index (χ0n) is 14.9. The second kappa shape index (κ2) is 7.60. The highest BCUT2D eigenvalue weighted by Gasteiger charge is 2.25. The normalized spacial score (nSPS) is 15.8. The number of rotatable bonds is 4. The number of sulfonamides is 1. The molecule has 3 rings (SSSR count). The van der Waals surface area contributed by atoms with Gasteiger partial charge in [0.2, 0.25) is 10.0 Å². The van der Waals surface area contributed by atoms with Crippen LogP contribution in [-0.4, -0.2) is 32.3 Å². The van der Waals surface area contributed by atoms with Gasteiger partial charge in [-0.1, -0.05) is 36.4 Å². The Kier molecular flexibility index (Phi) is 5.44. The van der Waals surface area contributed by atoms with Gasteiger partial charge in [0, 0.05) is 18.7 Å². The van der Waals surface area contributed by atoms with E-state index in [0.29, 0.717) is 30.1 Å². The van der Waals surface area contributed by atoms with E-state index in [-0.39, 0.29) is 10.8 Å². The molecule has 0 unspecified atom stereocenters. The van der Waals surface area contributed by atoms with Crippen LogP contribution in [0.1, 0.15) is 34.3 Å². The average Bonchev–Trinajstić information content (AvgIpc) is 2.62. The molecule has 138 valence electrons. The number of nitrogens with zero attached hydrogens (tertiary/aromatic N) is 1. The summed E-state index contributed by atoms with van der Waals surface area (Å²) in [6.07, 6.45) is 2.94. The van der Waals surface area contributed by atoms with Crippen molar-refractivity contribution >= 4 is 15.9 Å². The summed E-state index contributed by atoms with van der Waals surface area (Å²) in [4.78, 5) is 14.6. The van der Waals surface area contributed by atoms with Crippen LogP contribution in [0.25, 0.3) is 0 Å². The summed E-state index contributed by atoms with van der Waals surface area (Å²) < 4.78 is 23.3. The SMILES string of the molecule is Cc1ccc(C(=O)N2CCC(Cc3ccccc3)CC2)cc1S(N)(=O)=O. The van der Waals surface area contributed by atoms with E-state index in [0.717, 1.165) is 19.3 Å². The summed E-state index contributed by atoms with van der Waals surface area (Å²) in [7, 11) is -3.83. The molecule has 2 aromatic rings. The first-order chi connectivity index (χ1) is 12.3. The highest BCUT2D eigenvalue weighted by molar-refractivity contribution is 7.89. The van der Waals surface area contributed by atoms with Gasteiger partial charge in [0.15, 0.2) is 0 Å². The number of aryl methyl sites for hydroxylation is 1. The quantitative estimate of drug-likeness (QED) is 0.896. The molecule has 1 aliphatic rings. The lowest BCUT2D eigenvalue weighted by molar-refractivity contribution is 0.0690. The zero-order valence-corrected chi connectivity index (χ0v) is 15.7. The number of hydrogen-bond donors (Lipinski definition) is 1. The van der Waals surface area contributed by atoms with Gasteiger partial charge >= 0.3 is 0 Å². The van der Waals surface area contributed by atoms with Crippen LogP contribution in [0.5, 0.6) is 0 Å². The van der Waals surface area contributed by atoms with Gasteiger partial charge in [0.25, 0.3) is 5.91 Å². The van der Waals surface area contributed by atoms with Gasteiger partial charge in [-0.2, -0.15) is 0 Å². The van der Waals surface area contributed by atoms with Crippen molar-refractivity contribution in [2.75, 3.05) is 13.1 Å². The fourth-order valence-corrected chi connectivity index (χ4v) is 4.32. The van der Waals surface area contributed by atoms with Crippen molar-refractivity contribution in [3.05, 3.63) is 65.2 Å². The van der Waals surface area contributed by atoms with Crippen molar-refractivity contribution in [1.82, 2.24) is 4.90 Å². The standard InChI is InChI=1S/C20H24N2O3S/c1-15-7-8-18(14-19(15)26(21,24)25)20(23)22-11-9-17(10-12-22)13-16-5-3-2-4-6-16/h2-8,14,17H,9-13H2,1H3,(H2,21,24,25). The van der Waals surface area contributed by atoms with Crippen LogP contribution >= 0.6 is 0 Å². The van der Waals surface area contributed by atoms with Crippen LogP contribution in [0.15, 0.2) is 53.4 Å². The molecule has 0 radical (unpaired) electrons. The Morgan fingerprint density at radius 2 is 1.77 bits per heavy atom. The maximum atomic E-state index is 12.7. The van der Waals surface area contributed by atoms with Crippen molar-refractivity contribution < 1.29 is 13.2 Å². The molecule has 1 amide bonds. The molecule has 2 N–H and O–H groups in total. The molecule has 1 heterocycles. The van der Waals surface area contributed by atoms with Crippen LogP contribution in [0.2, 0.25) is 0 Å².